The summed E-state index contributed by atoms with van der Waals surface area (Å²) in [6, 6.07) is 1.24. The number of rotatable bonds is 6. The maximum absolute atomic E-state index is 14.8. The summed E-state index contributed by atoms with van der Waals surface area (Å²) in [6.45, 7) is 0. The Bertz CT molecular complexity index is 1600. The van der Waals surface area contributed by atoms with Gasteiger partial charge in [0, 0.05) is 23.2 Å². The van der Waals surface area contributed by atoms with Crippen LogP contribution in [0.2, 0.25) is 5.02 Å². The molecule has 0 spiro atoms. The van der Waals surface area contributed by atoms with Gasteiger partial charge in [0.1, 0.15) is 23.8 Å². The molecule has 9 nitrogen and oxygen atoms in total. The fourth-order valence-electron chi connectivity index (χ4n) is 5.11. The number of hydrogen-bond donors (Lipinski definition) is 2. The molecule has 0 radical (unpaired) electrons. The van der Waals surface area contributed by atoms with Crippen LogP contribution in [0.25, 0.3) is 0 Å². The molecule has 14 heteroatoms. The molecule has 41 heavy (non-hydrogen) atoms. The van der Waals surface area contributed by atoms with E-state index < -0.39 is 46.3 Å². The lowest BCUT2D eigenvalue weighted by atomic mass is 9.78. The molecule has 1 aliphatic heterocycles. The van der Waals surface area contributed by atoms with Gasteiger partial charge in [0.25, 0.3) is 0 Å². The Labute approximate surface area is 234 Å². The van der Waals surface area contributed by atoms with E-state index in [2.05, 4.69) is 20.3 Å². The van der Waals surface area contributed by atoms with Gasteiger partial charge in [0.2, 0.25) is 0 Å². The van der Waals surface area contributed by atoms with Crippen molar-refractivity contribution in [1.29, 1.82) is 0 Å². The second kappa shape index (κ2) is 11.3. The number of benzene rings is 1. The molecule has 0 saturated heterocycles. The van der Waals surface area contributed by atoms with Crippen LogP contribution in [0.15, 0.2) is 51.3 Å². The Kier molecular flexibility index (Phi) is 7.80. The molecule has 1 atom stereocenters. The molecule has 0 amide bonds. The number of nitrogens with one attached hydrogen (secondary N) is 1. The van der Waals surface area contributed by atoms with Gasteiger partial charge in [0.15, 0.2) is 34.9 Å². The minimum absolute atomic E-state index is 0.0561. The molecular weight excluding hydrogens is 572 g/mol. The number of allylic oxidation sites excluding steroid dienone is 1. The Balaban J connectivity index is 1.57. The molecule has 2 N–H and O–H groups in total. The van der Waals surface area contributed by atoms with Crippen LogP contribution in [0.3, 0.4) is 0 Å². The van der Waals surface area contributed by atoms with Crippen molar-refractivity contribution in [1.82, 2.24) is 15.3 Å². The molecule has 1 fully saturated rings. The summed E-state index contributed by atoms with van der Waals surface area (Å²) in [5, 5.41) is 11.5. The lowest BCUT2D eigenvalue weighted by molar-refractivity contribution is -0.136. The number of esters is 1. The van der Waals surface area contributed by atoms with Crippen molar-refractivity contribution >= 4 is 29.4 Å². The fraction of sp³-hybridized carbons (Fsp3) is 0.296. The van der Waals surface area contributed by atoms with Crippen LogP contribution in [0.5, 0.6) is 0 Å². The number of nitrogens with zero attached hydrogens (tertiary/aromatic N) is 3. The second-order valence-corrected chi connectivity index (χ2v) is 9.88. The van der Waals surface area contributed by atoms with Gasteiger partial charge in [-0.2, -0.15) is 0 Å². The number of aliphatic imine (C=N–C) groups is 1. The summed E-state index contributed by atoms with van der Waals surface area (Å²) in [7, 11) is 1.14. The molecular formula is C27H21ClF4N4O5. The smallest absolute Gasteiger partial charge is 0.357 e. The highest BCUT2D eigenvalue weighted by molar-refractivity contribution is 6.31. The number of amidine groups is 1. The van der Waals surface area contributed by atoms with Gasteiger partial charge in [-0.1, -0.05) is 17.7 Å². The zero-order valence-corrected chi connectivity index (χ0v) is 22.0. The van der Waals surface area contributed by atoms with Crippen LogP contribution in [-0.4, -0.2) is 40.0 Å². The summed E-state index contributed by atoms with van der Waals surface area (Å²) in [4.78, 5) is 36.6. The Morgan fingerprint density at radius 3 is 2.44 bits per heavy atom. The van der Waals surface area contributed by atoms with Gasteiger partial charge in [-0.3, -0.25) is 4.99 Å². The fourth-order valence-corrected chi connectivity index (χ4v) is 5.37. The van der Waals surface area contributed by atoms with Crippen LogP contribution >= 0.6 is 11.6 Å². The third kappa shape index (κ3) is 5.41. The van der Waals surface area contributed by atoms with Crippen LogP contribution in [0, 0.1) is 29.2 Å². The van der Waals surface area contributed by atoms with E-state index in [1.54, 1.807) is 0 Å². The minimum atomic E-state index is -1.36. The Morgan fingerprint density at radius 1 is 1.10 bits per heavy atom. The van der Waals surface area contributed by atoms with Gasteiger partial charge < -0.3 is 19.6 Å². The number of carboxylic acid groups (broad SMARTS) is 1. The van der Waals surface area contributed by atoms with Crippen molar-refractivity contribution in [3.63, 3.8) is 0 Å². The summed E-state index contributed by atoms with van der Waals surface area (Å²) >= 11 is 6.16. The van der Waals surface area contributed by atoms with Crippen LogP contribution in [-0.2, 0) is 9.53 Å². The minimum Gasteiger partial charge on any atom is -0.476 e. The highest BCUT2D eigenvalue weighted by atomic mass is 35.5. The summed E-state index contributed by atoms with van der Waals surface area (Å²) in [5.74, 6) is -7.10. The molecule has 1 saturated carbocycles. The number of aromatic nitrogens is 2. The molecule has 214 valence electrons. The first kappa shape index (κ1) is 28.3. The topological polar surface area (TPSA) is 127 Å². The van der Waals surface area contributed by atoms with Crippen molar-refractivity contribution in [2.24, 2.45) is 10.9 Å². The normalized spacial score (nSPS) is 20.8. The lowest BCUT2D eigenvalue weighted by Gasteiger charge is -2.34. The van der Waals surface area contributed by atoms with Crippen molar-refractivity contribution in [2.45, 2.75) is 37.6 Å². The summed E-state index contributed by atoms with van der Waals surface area (Å²) < 4.78 is 67.3. The first-order valence-electron chi connectivity index (χ1n) is 12.4. The van der Waals surface area contributed by atoms with Gasteiger partial charge in [-0.05, 0) is 37.7 Å². The van der Waals surface area contributed by atoms with Crippen molar-refractivity contribution < 1.29 is 41.4 Å². The summed E-state index contributed by atoms with van der Waals surface area (Å²) in [5.41, 5.74) is -0.451. The predicted molar refractivity (Wildman–Crippen MR) is 135 cm³/mol. The zero-order valence-electron chi connectivity index (χ0n) is 21.3. The van der Waals surface area contributed by atoms with E-state index in [0.29, 0.717) is 31.7 Å². The first-order chi connectivity index (χ1) is 19.6. The van der Waals surface area contributed by atoms with Gasteiger partial charge in [0.05, 0.1) is 23.9 Å². The average Bonchev–Trinajstić information content (AvgIpc) is 3.46. The van der Waals surface area contributed by atoms with Crippen LogP contribution in [0.4, 0.5) is 17.6 Å². The third-order valence-electron chi connectivity index (χ3n) is 7.10. The maximum atomic E-state index is 14.8. The van der Waals surface area contributed by atoms with E-state index >= 15 is 0 Å². The molecule has 1 aliphatic carbocycles. The third-order valence-corrected chi connectivity index (χ3v) is 7.48. The number of aromatic carboxylic acids is 1. The van der Waals surface area contributed by atoms with E-state index in [1.165, 1.54) is 0 Å². The zero-order chi connectivity index (χ0) is 29.4. The number of oxazole rings is 1. The monoisotopic (exact) mass is 592 g/mol. The van der Waals surface area contributed by atoms with E-state index in [9.17, 15) is 27.2 Å². The lowest BCUT2D eigenvalue weighted by Crippen LogP contribution is -2.38. The number of carboxylic acids is 1. The van der Waals surface area contributed by atoms with Gasteiger partial charge in [-0.15, -0.1) is 0 Å². The van der Waals surface area contributed by atoms with Gasteiger partial charge in [-0.25, -0.2) is 37.1 Å². The number of halogens is 5. The molecule has 1 aromatic carbocycles. The van der Waals surface area contributed by atoms with Crippen LogP contribution < -0.4 is 5.32 Å². The predicted octanol–water partition coefficient (Wildman–Crippen LogP) is 5.47. The average molecular weight is 593 g/mol. The number of ether oxygens (including phenoxy) is 1. The van der Waals surface area contributed by atoms with E-state index in [0.717, 1.165) is 31.7 Å². The summed E-state index contributed by atoms with van der Waals surface area (Å²) in [6.07, 6.45) is 3.68. The Hall–Kier alpha value is -4.26. The molecule has 3 heterocycles. The Morgan fingerprint density at radius 2 is 1.80 bits per heavy atom. The first-order valence-corrected chi connectivity index (χ1v) is 12.8. The van der Waals surface area contributed by atoms with Crippen molar-refractivity contribution in [2.75, 3.05) is 7.11 Å². The number of hydrogen-bond acceptors (Lipinski definition) is 8. The quantitative estimate of drug-likeness (QED) is 0.219. The SMILES string of the molecule is COC(=O)C1=C(C2CCC(c3nc(C(=O)O)co3)CC2)NC(c2ncc(F)cc2F)=NC1c1ccc(F)c(F)c1Cl. The second-order valence-electron chi connectivity index (χ2n) is 9.50. The van der Waals surface area contributed by atoms with Gasteiger partial charge >= 0.3 is 11.9 Å². The highest BCUT2D eigenvalue weighted by Crippen LogP contribution is 2.44. The molecule has 0 bridgehead atoms. The standard InChI is InChI=1S/C27H21ClF4N4O5/c1-40-27(39)18-21(11-2-4-12(5-3-11)25-34-17(10-41-25)26(37)38)35-24(23-16(31)8-13(29)9-33-23)36-22(18)14-6-7-15(30)20(32)19(14)28/h6-12,22H,2-5H2,1H3,(H,35,36)(H,37,38). The molecule has 2 aromatic heterocycles. The van der Waals surface area contributed by atoms with E-state index in [4.69, 9.17) is 25.9 Å². The number of methoxy groups -OCH3 is 1. The largest absolute Gasteiger partial charge is 0.476 e. The number of carbonyl (C=O) groups is 2. The maximum Gasteiger partial charge on any atom is 0.357 e. The van der Waals surface area contributed by atoms with Crippen LogP contribution in [0.1, 0.15) is 65.3 Å². The van der Waals surface area contributed by atoms with Crippen molar-refractivity contribution in [3.8, 4) is 0 Å². The molecule has 5 rings (SSSR count). The van der Waals surface area contributed by atoms with Crippen molar-refractivity contribution in [3.05, 3.63) is 93.1 Å². The number of pyridine rings is 1. The molecule has 2 aliphatic rings. The number of carbonyl (C=O) groups excluding carboxylic acids is 1. The van der Waals surface area contributed by atoms with E-state index in [1.807, 2.05) is 0 Å². The van der Waals surface area contributed by atoms with E-state index in [-0.39, 0.29) is 51.8 Å². The molecule has 1 unspecified atom stereocenters. The molecule has 3 aromatic rings. The highest BCUT2D eigenvalue weighted by Gasteiger charge is 2.39.